The van der Waals surface area contributed by atoms with Crippen molar-refractivity contribution in [1.82, 2.24) is 5.16 Å². The van der Waals surface area contributed by atoms with Crippen LogP contribution in [0, 0.1) is 0 Å². The van der Waals surface area contributed by atoms with E-state index in [2.05, 4.69) is 19.7 Å². The monoisotopic (exact) mass is 281 g/mol. The highest BCUT2D eigenvalue weighted by Crippen LogP contribution is 2.22. The van der Waals surface area contributed by atoms with Crippen LogP contribution >= 0.6 is 0 Å². The molecule has 0 fully saturated rings. The highest BCUT2D eigenvalue weighted by atomic mass is 32.2. The molecule has 2 N–H and O–H groups in total. The Labute approximate surface area is 111 Å². The second-order valence-electron chi connectivity index (χ2n) is 3.91. The lowest BCUT2D eigenvalue weighted by atomic mass is 10.3. The molecule has 1 aromatic carbocycles. The molecule has 102 valence electrons. The van der Waals surface area contributed by atoms with Gasteiger partial charge in [-0.1, -0.05) is 24.2 Å². The molecule has 0 aliphatic rings. The van der Waals surface area contributed by atoms with Gasteiger partial charge in [0.15, 0.2) is 5.82 Å². The summed E-state index contributed by atoms with van der Waals surface area (Å²) in [6.07, 6.45) is 2.21. The number of benzene rings is 1. The molecule has 0 atom stereocenters. The Morgan fingerprint density at radius 1 is 1.26 bits per heavy atom. The molecule has 0 unspecified atom stereocenters. The molecule has 0 aliphatic heterocycles. The number of sulfonamides is 1. The van der Waals surface area contributed by atoms with Gasteiger partial charge in [-0.25, -0.2) is 8.42 Å². The molecule has 0 aliphatic carbocycles. The van der Waals surface area contributed by atoms with E-state index in [-0.39, 0.29) is 10.7 Å². The van der Waals surface area contributed by atoms with Gasteiger partial charge in [-0.2, -0.15) is 0 Å². The summed E-state index contributed by atoms with van der Waals surface area (Å²) in [6, 6.07) is 8.18. The minimum atomic E-state index is -3.68. The fourth-order valence-corrected chi connectivity index (χ4v) is 2.74. The van der Waals surface area contributed by atoms with E-state index in [1.165, 1.54) is 12.3 Å². The number of nitrogens with one attached hydrogen (secondary N) is 2. The summed E-state index contributed by atoms with van der Waals surface area (Å²) in [5.74, 6) is 0.158. The van der Waals surface area contributed by atoms with Crippen molar-refractivity contribution < 1.29 is 12.9 Å². The van der Waals surface area contributed by atoms with Crippen LogP contribution in [0.3, 0.4) is 0 Å². The minimum Gasteiger partial charge on any atom is -0.384 e. The van der Waals surface area contributed by atoms with Gasteiger partial charge in [0.25, 0.3) is 10.0 Å². The highest BCUT2D eigenvalue weighted by Gasteiger charge is 2.19. The van der Waals surface area contributed by atoms with E-state index < -0.39 is 10.0 Å². The highest BCUT2D eigenvalue weighted by molar-refractivity contribution is 7.92. The second-order valence-corrected chi connectivity index (χ2v) is 5.56. The van der Waals surface area contributed by atoms with Crippen molar-refractivity contribution in [3.63, 3.8) is 0 Å². The van der Waals surface area contributed by atoms with Gasteiger partial charge in [0.1, 0.15) is 11.2 Å². The van der Waals surface area contributed by atoms with Gasteiger partial charge in [0, 0.05) is 12.6 Å². The molecule has 0 saturated carbocycles. The Balaban J connectivity index is 2.29. The summed E-state index contributed by atoms with van der Waals surface area (Å²) in [5, 5.41) is 6.62. The summed E-state index contributed by atoms with van der Waals surface area (Å²) in [7, 11) is -3.68. The van der Waals surface area contributed by atoms with Crippen molar-refractivity contribution in [3.05, 3.63) is 36.6 Å². The van der Waals surface area contributed by atoms with E-state index >= 15 is 0 Å². The standard InChI is InChI=1S/C12H15N3O3S/c1-2-8-13-10-5-3-4-6-11(10)19(16,17)15-12-7-9-18-14-12/h3-7,9,13H,2,8H2,1H3,(H,14,15). The molecular weight excluding hydrogens is 266 g/mol. The van der Waals surface area contributed by atoms with Crippen molar-refractivity contribution in [2.75, 3.05) is 16.6 Å². The van der Waals surface area contributed by atoms with Crippen LogP contribution in [-0.4, -0.2) is 20.1 Å². The Morgan fingerprint density at radius 2 is 2.05 bits per heavy atom. The number of anilines is 2. The third-order valence-corrected chi connectivity index (χ3v) is 3.83. The molecule has 0 spiro atoms. The van der Waals surface area contributed by atoms with Gasteiger partial charge in [0.2, 0.25) is 0 Å². The maximum absolute atomic E-state index is 12.3. The van der Waals surface area contributed by atoms with E-state index in [0.29, 0.717) is 12.2 Å². The molecule has 0 radical (unpaired) electrons. The zero-order valence-corrected chi connectivity index (χ0v) is 11.3. The minimum absolute atomic E-state index is 0.158. The zero-order chi connectivity index (χ0) is 13.7. The topological polar surface area (TPSA) is 84.2 Å². The molecule has 0 bridgehead atoms. The third kappa shape index (κ3) is 3.25. The lowest BCUT2D eigenvalue weighted by Gasteiger charge is -2.11. The second kappa shape index (κ2) is 5.75. The maximum atomic E-state index is 12.3. The van der Waals surface area contributed by atoms with Gasteiger partial charge in [-0.15, -0.1) is 0 Å². The Bertz CT molecular complexity index is 623. The van der Waals surface area contributed by atoms with Gasteiger partial charge in [-0.3, -0.25) is 4.72 Å². The molecule has 7 heteroatoms. The van der Waals surface area contributed by atoms with Gasteiger partial charge in [-0.05, 0) is 18.6 Å². The first-order valence-corrected chi connectivity index (χ1v) is 7.38. The van der Waals surface area contributed by atoms with Gasteiger partial charge in [0.05, 0.1) is 5.69 Å². The van der Waals surface area contributed by atoms with E-state index in [0.717, 1.165) is 6.42 Å². The Morgan fingerprint density at radius 3 is 2.74 bits per heavy atom. The van der Waals surface area contributed by atoms with Crippen LogP contribution in [0.5, 0.6) is 0 Å². The number of nitrogens with zero attached hydrogens (tertiary/aromatic N) is 1. The molecule has 1 heterocycles. The lowest BCUT2D eigenvalue weighted by Crippen LogP contribution is -2.15. The summed E-state index contributed by atoms with van der Waals surface area (Å²) in [6.45, 7) is 2.72. The predicted octanol–water partition coefficient (Wildman–Crippen LogP) is 2.30. The van der Waals surface area contributed by atoms with Crippen LogP contribution in [0.25, 0.3) is 0 Å². The third-order valence-electron chi connectivity index (χ3n) is 2.42. The first-order valence-electron chi connectivity index (χ1n) is 5.89. The lowest BCUT2D eigenvalue weighted by molar-refractivity contribution is 0.423. The van der Waals surface area contributed by atoms with Crippen molar-refractivity contribution in [2.45, 2.75) is 18.2 Å². The molecule has 6 nitrogen and oxygen atoms in total. The molecule has 2 aromatic rings. The van der Waals surface area contributed by atoms with Crippen LogP contribution in [0.15, 0.2) is 46.0 Å². The van der Waals surface area contributed by atoms with Crippen LogP contribution in [0.2, 0.25) is 0 Å². The summed E-state index contributed by atoms with van der Waals surface area (Å²) < 4.78 is 31.5. The molecule has 0 saturated heterocycles. The van der Waals surface area contributed by atoms with E-state index in [1.54, 1.807) is 24.3 Å². The van der Waals surface area contributed by atoms with Gasteiger partial charge >= 0.3 is 0 Å². The number of hydrogen-bond acceptors (Lipinski definition) is 5. The van der Waals surface area contributed by atoms with E-state index in [9.17, 15) is 8.42 Å². The van der Waals surface area contributed by atoms with Crippen molar-refractivity contribution in [2.24, 2.45) is 0 Å². The summed E-state index contributed by atoms with van der Waals surface area (Å²) in [5.41, 5.74) is 0.570. The van der Waals surface area contributed by atoms with Crippen LogP contribution in [0.1, 0.15) is 13.3 Å². The van der Waals surface area contributed by atoms with E-state index in [1.807, 2.05) is 6.92 Å². The number of hydrogen-bond donors (Lipinski definition) is 2. The average Bonchev–Trinajstić information content (AvgIpc) is 2.88. The zero-order valence-electron chi connectivity index (χ0n) is 10.5. The normalized spacial score (nSPS) is 11.2. The Hall–Kier alpha value is -2.02. The molecular formula is C12H15N3O3S. The van der Waals surface area contributed by atoms with Crippen molar-refractivity contribution >= 4 is 21.5 Å². The Kier molecular flexibility index (Phi) is 4.06. The van der Waals surface area contributed by atoms with Crippen molar-refractivity contribution in [3.8, 4) is 0 Å². The van der Waals surface area contributed by atoms with E-state index in [4.69, 9.17) is 0 Å². The average molecular weight is 281 g/mol. The first-order chi connectivity index (χ1) is 9.13. The quantitative estimate of drug-likeness (QED) is 0.848. The molecule has 2 rings (SSSR count). The van der Waals surface area contributed by atoms with Crippen LogP contribution in [0.4, 0.5) is 11.5 Å². The summed E-state index contributed by atoms with van der Waals surface area (Å²) >= 11 is 0. The van der Waals surface area contributed by atoms with Crippen LogP contribution in [-0.2, 0) is 10.0 Å². The fourth-order valence-electron chi connectivity index (χ4n) is 1.56. The summed E-state index contributed by atoms with van der Waals surface area (Å²) in [4.78, 5) is 0.187. The van der Waals surface area contributed by atoms with Crippen molar-refractivity contribution in [1.29, 1.82) is 0 Å². The molecule has 19 heavy (non-hydrogen) atoms. The predicted molar refractivity (Wildman–Crippen MR) is 72.5 cm³/mol. The van der Waals surface area contributed by atoms with Crippen LogP contribution < -0.4 is 10.0 Å². The van der Waals surface area contributed by atoms with Gasteiger partial charge < -0.3 is 9.84 Å². The maximum Gasteiger partial charge on any atom is 0.265 e. The molecule has 0 amide bonds. The largest absolute Gasteiger partial charge is 0.384 e. The number of aromatic nitrogens is 1. The number of rotatable bonds is 6. The number of para-hydroxylation sites is 1. The molecule has 1 aromatic heterocycles. The smallest absolute Gasteiger partial charge is 0.265 e. The first kappa shape index (κ1) is 13.4. The SMILES string of the molecule is CCCNc1ccccc1S(=O)(=O)Nc1ccon1. The fraction of sp³-hybridized carbons (Fsp3) is 0.250.